The van der Waals surface area contributed by atoms with E-state index in [9.17, 15) is 25.5 Å². The Morgan fingerprint density at radius 1 is 0.793 bits per heavy atom. The van der Waals surface area contributed by atoms with Gasteiger partial charge in [0, 0.05) is 19.3 Å². The van der Waals surface area contributed by atoms with Crippen molar-refractivity contribution in [1.82, 2.24) is 20.3 Å². The first-order valence-electron chi connectivity index (χ1n) is 11.0. The number of aromatic nitrogens is 3. The zero-order valence-corrected chi connectivity index (χ0v) is 17.4. The van der Waals surface area contributed by atoms with Crippen LogP contribution in [0.3, 0.4) is 0 Å². The van der Waals surface area contributed by atoms with Crippen molar-refractivity contribution >= 4 is 0 Å². The van der Waals surface area contributed by atoms with E-state index in [1.807, 2.05) is 0 Å². The highest BCUT2D eigenvalue weighted by atomic mass is 16.4. The van der Waals surface area contributed by atoms with Gasteiger partial charge in [-0.1, -0.05) is 63.5 Å². The van der Waals surface area contributed by atoms with E-state index in [-0.39, 0.29) is 6.54 Å². The van der Waals surface area contributed by atoms with Gasteiger partial charge in [0.2, 0.25) is 0 Å². The summed E-state index contributed by atoms with van der Waals surface area (Å²) in [5, 5.41) is 60.3. The quantitative estimate of drug-likeness (QED) is 0.249. The minimum Gasteiger partial charge on any atom is -0.389 e. The third-order valence-corrected chi connectivity index (χ3v) is 5.73. The standard InChI is InChI=1S/C20H38N4O5/c1-2-3-4-5-6-7-8-9-10-11-24-13-14(22-23-24)12-21-15-16(25)18(27)20(29)19(28)17(15)26/h13,15-21,25-29H,2-12H2,1H3/t15?,16-,17+,18+,19-,20?. The van der Waals surface area contributed by atoms with Crippen LogP contribution in [0.2, 0.25) is 0 Å². The molecular formula is C20H38N4O5. The zero-order chi connectivity index (χ0) is 21.2. The molecule has 6 atom stereocenters. The largest absolute Gasteiger partial charge is 0.389 e. The summed E-state index contributed by atoms with van der Waals surface area (Å²) < 4.78 is 1.78. The van der Waals surface area contributed by atoms with Crippen LogP contribution in [-0.2, 0) is 13.1 Å². The van der Waals surface area contributed by atoms with Gasteiger partial charge in [-0.2, -0.15) is 0 Å². The molecule has 0 amide bonds. The molecule has 1 fully saturated rings. The van der Waals surface area contributed by atoms with Crippen LogP contribution in [0.15, 0.2) is 6.20 Å². The highest BCUT2D eigenvalue weighted by Crippen LogP contribution is 2.21. The summed E-state index contributed by atoms with van der Waals surface area (Å²) in [6, 6.07) is -0.981. The number of rotatable bonds is 13. The first-order valence-corrected chi connectivity index (χ1v) is 11.0. The predicted octanol–water partition coefficient (Wildman–Crippen LogP) is 0.0852. The third-order valence-electron chi connectivity index (χ3n) is 5.73. The summed E-state index contributed by atoms with van der Waals surface area (Å²) in [5.41, 5.74) is 0.635. The number of nitrogens with one attached hydrogen (secondary N) is 1. The maximum atomic E-state index is 10.0. The van der Waals surface area contributed by atoms with E-state index in [0.29, 0.717) is 5.69 Å². The van der Waals surface area contributed by atoms with E-state index in [2.05, 4.69) is 22.6 Å². The molecule has 1 aromatic rings. The number of aliphatic hydroxyl groups excluding tert-OH is 5. The van der Waals surface area contributed by atoms with Crippen molar-refractivity contribution < 1.29 is 25.5 Å². The van der Waals surface area contributed by atoms with Crippen molar-refractivity contribution in [3.8, 4) is 0 Å². The van der Waals surface area contributed by atoms with E-state index in [1.54, 1.807) is 10.9 Å². The number of hydrogen-bond acceptors (Lipinski definition) is 8. The van der Waals surface area contributed by atoms with Crippen molar-refractivity contribution in [1.29, 1.82) is 0 Å². The van der Waals surface area contributed by atoms with Gasteiger partial charge in [0.05, 0.1) is 11.7 Å². The Labute approximate surface area is 172 Å². The molecule has 0 bridgehead atoms. The lowest BCUT2D eigenvalue weighted by Crippen LogP contribution is -2.67. The van der Waals surface area contributed by atoms with E-state index in [0.717, 1.165) is 13.0 Å². The second-order valence-corrected chi connectivity index (χ2v) is 8.16. The summed E-state index contributed by atoms with van der Waals surface area (Å²) in [6.45, 7) is 3.24. The lowest BCUT2D eigenvalue weighted by molar-refractivity contribution is -0.190. The predicted molar refractivity (Wildman–Crippen MR) is 108 cm³/mol. The van der Waals surface area contributed by atoms with Crippen molar-refractivity contribution in [2.45, 2.75) is 114 Å². The fourth-order valence-electron chi connectivity index (χ4n) is 3.81. The lowest BCUT2D eigenvalue weighted by atomic mass is 9.83. The van der Waals surface area contributed by atoms with Gasteiger partial charge < -0.3 is 30.8 Å². The van der Waals surface area contributed by atoms with Crippen LogP contribution < -0.4 is 5.32 Å². The molecule has 168 valence electrons. The van der Waals surface area contributed by atoms with Gasteiger partial charge in [0.25, 0.3) is 0 Å². The van der Waals surface area contributed by atoms with Gasteiger partial charge in [-0.3, -0.25) is 4.68 Å². The van der Waals surface area contributed by atoms with Gasteiger partial charge in [-0.05, 0) is 6.42 Å². The van der Waals surface area contributed by atoms with E-state index in [4.69, 9.17) is 0 Å². The van der Waals surface area contributed by atoms with Crippen LogP contribution in [0.25, 0.3) is 0 Å². The summed E-state index contributed by atoms with van der Waals surface area (Å²) in [6.07, 6.45) is 5.70. The first-order chi connectivity index (χ1) is 14.0. The monoisotopic (exact) mass is 414 g/mol. The molecule has 1 aliphatic rings. The molecule has 0 aliphatic heterocycles. The molecule has 0 spiro atoms. The molecule has 29 heavy (non-hydrogen) atoms. The first kappa shape index (κ1) is 24.2. The fourth-order valence-corrected chi connectivity index (χ4v) is 3.81. The average molecular weight is 415 g/mol. The van der Waals surface area contributed by atoms with Crippen molar-refractivity contribution in [2.75, 3.05) is 0 Å². The molecule has 0 radical (unpaired) electrons. The minimum absolute atomic E-state index is 0.214. The maximum Gasteiger partial charge on any atom is 0.111 e. The van der Waals surface area contributed by atoms with Gasteiger partial charge in [-0.25, -0.2) is 0 Å². The Balaban J connectivity index is 1.65. The molecule has 9 nitrogen and oxygen atoms in total. The summed E-state index contributed by atoms with van der Waals surface area (Å²) in [5.74, 6) is 0. The number of unbranched alkanes of at least 4 members (excludes halogenated alkanes) is 8. The Morgan fingerprint density at radius 3 is 1.90 bits per heavy atom. The fraction of sp³-hybridized carbons (Fsp3) is 0.900. The molecule has 2 rings (SSSR count). The Morgan fingerprint density at radius 2 is 1.31 bits per heavy atom. The number of aryl methyl sites for hydroxylation is 1. The lowest BCUT2D eigenvalue weighted by Gasteiger charge is -2.42. The van der Waals surface area contributed by atoms with E-state index < -0.39 is 36.6 Å². The second kappa shape index (κ2) is 12.6. The topological polar surface area (TPSA) is 144 Å². The van der Waals surface area contributed by atoms with Gasteiger partial charge in [0.1, 0.15) is 30.5 Å². The van der Waals surface area contributed by atoms with Crippen LogP contribution in [0.5, 0.6) is 0 Å². The molecule has 1 aromatic heterocycles. The number of nitrogens with zero attached hydrogens (tertiary/aromatic N) is 3. The summed E-state index contributed by atoms with van der Waals surface area (Å²) in [4.78, 5) is 0. The highest BCUT2D eigenvalue weighted by molar-refractivity contribution is 5.03. The smallest absolute Gasteiger partial charge is 0.111 e. The third kappa shape index (κ3) is 7.27. The summed E-state index contributed by atoms with van der Waals surface area (Å²) in [7, 11) is 0. The Kier molecular flexibility index (Phi) is 10.5. The Bertz CT molecular complexity index is 557. The molecule has 2 unspecified atom stereocenters. The molecule has 0 aromatic carbocycles. The Hall–Kier alpha value is -1.10. The van der Waals surface area contributed by atoms with Crippen molar-refractivity contribution in [3.63, 3.8) is 0 Å². The average Bonchev–Trinajstić information content (AvgIpc) is 3.17. The highest BCUT2D eigenvalue weighted by Gasteiger charge is 2.47. The molecule has 6 N–H and O–H groups in total. The molecule has 0 saturated heterocycles. The number of aliphatic hydroxyl groups is 5. The van der Waals surface area contributed by atoms with Crippen LogP contribution in [0, 0.1) is 0 Å². The van der Waals surface area contributed by atoms with Crippen LogP contribution in [0.1, 0.15) is 70.4 Å². The summed E-state index contributed by atoms with van der Waals surface area (Å²) >= 11 is 0. The normalized spacial score (nSPS) is 30.0. The SMILES string of the molecule is CCCCCCCCCCCn1cc(CNC2[C@@H](O)[C@H](O)C(O)[C@H](O)[C@H]2O)nn1. The van der Waals surface area contributed by atoms with Gasteiger partial charge in [0.15, 0.2) is 0 Å². The second-order valence-electron chi connectivity index (χ2n) is 8.16. The maximum absolute atomic E-state index is 10.0. The zero-order valence-electron chi connectivity index (χ0n) is 17.4. The van der Waals surface area contributed by atoms with Crippen LogP contribution in [0.4, 0.5) is 0 Å². The van der Waals surface area contributed by atoms with Crippen LogP contribution >= 0.6 is 0 Å². The van der Waals surface area contributed by atoms with Gasteiger partial charge >= 0.3 is 0 Å². The van der Waals surface area contributed by atoms with E-state index >= 15 is 0 Å². The number of hydrogen-bond donors (Lipinski definition) is 6. The molecular weight excluding hydrogens is 376 g/mol. The van der Waals surface area contributed by atoms with E-state index in [1.165, 1.54) is 51.4 Å². The van der Waals surface area contributed by atoms with Crippen molar-refractivity contribution in [3.05, 3.63) is 11.9 Å². The van der Waals surface area contributed by atoms with Crippen molar-refractivity contribution in [2.24, 2.45) is 0 Å². The van der Waals surface area contributed by atoms with Crippen LogP contribution in [-0.4, -0.2) is 77.1 Å². The molecule has 1 saturated carbocycles. The minimum atomic E-state index is -1.59. The van der Waals surface area contributed by atoms with Gasteiger partial charge in [-0.15, -0.1) is 5.10 Å². The molecule has 1 aliphatic carbocycles. The molecule has 1 heterocycles. The molecule has 9 heteroatoms.